The summed E-state index contributed by atoms with van der Waals surface area (Å²) in [6.45, 7) is 0.812. The van der Waals surface area contributed by atoms with Gasteiger partial charge >= 0.3 is 0 Å². The zero-order valence-corrected chi connectivity index (χ0v) is 17.0. The van der Waals surface area contributed by atoms with Gasteiger partial charge in [0.2, 0.25) is 12.3 Å². The maximum Gasteiger partial charge on any atom is 0.244 e. The van der Waals surface area contributed by atoms with Gasteiger partial charge in [-0.15, -0.1) is 22.1 Å². The number of nitrogens with zero attached hydrogens (tertiary/aromatic N) is 4. The number of aromatic nitrogens is 2. The quantitative estimate of drug-likeness (QED) is 0.216. The number of hydrogen-bond donors (Lipinski definition) is 2. The molecule has 0 aliphatic rings. The number of aryl methyl sites for hydroxylation is 1. The van der Waals surface area contributed by atoms with Crippen molar-refractivity contribution in [2.45, 2.75) is 6.54 Å². The standard InChI is InChI=1S/C17H19N6.2BrH/c1-22-12-23(16-5-3-2-4-15(16)22)11-14-8-6-13(7-9-14)10-20-21-17(18)19;;/h2-10,12H,11H2,1H3,(H4,18,19,21);2*1H/q+1;;/p-1/b20-10+;;. The number of halogens is 2. The van der Waals surface area contributed by atoms with Crippen molar-refractivity contribution in [2.24, 2.45) is 28.7 Å². The predicted octanol–water partition coefficient (Wildman–Crippen LogP) is -1.30. The van der Waals surface area contributed by atoms with E-state index < -0.39 is 0 Å². The van der Waals surface area contributed by atoms with Crippen molar-refractivity contribution in [2.75, 3.05) is 0 Å². The molecule has 0 spiro atoms. The van der Waals surface area contributed by atoms with Crippen LogP contribution in [0.5, 0.6) is 0 Å². The Hall–Kier alpha value is -2.19. The third-order valence-corrected chi connectivity index (χ3v) is 3.60. The first kappa shape index (κ1) is 20.9. The lowest BCUT2D eigenvalue weighted by Crippen LogP contribution is -3.00. The molecule has 0 saturated heterocycles. The second-order valence-corrected chi connectivity index (χ2v) is 5.35. The fourth-order valence-electron chi connectivity index (χ4n) is 2.53. The fourth-order valence-corrected chi connectivity index (χ4v) is 2.53. The first-order chi connectivity index (χ1) is 11.1. The summed E-state index contributed by atoms with van der Waals surface area (Å²) in [6.07, 6.45) is 3.73. The Bertz CT molecular complexity index is 880. The van der Waals surface area contributed by atoms with Gasteiger partial charge in [0.05, 0.1) is 13.3 Å². The Labute approximate surface area is 167 Å². The molecule has 0 amide bonds. The maximum absolute atomic E-state index is 5.22. The molecule has 0 unspecified atom stereocenters. The lowest BCUT2D eigenvalue weighted by molar-refractivity contribution is -0.645. The van der Waals surface area contributed by atoms with Gasteiger partial charge in [0.1, 0.15) is 6.54 Å². The Morgan fingerprint density at radius 3 is 2.48 bits per heavy atom. The first-order valence-corrected chi connectivity index (χ1v) is 7.28. The topological polar surface area (TPSA) is 85.6 Å². The van der Waals surface area contributed by atoms with E-state index in [0.29, 0.717) is 0 Å². The largest absolute Gasteiger partial charge is 1.00 e. The third-order valence-electron chi connectivity index (χ3n) is 3.60. The molecule has 3 aromatic rings. The van der Waals surface area contributed by atoms with Gasteiger partial charge in [0.15, 0.2) is 11.0 Å². The number of imidazole rings is 1. The van der Waals surface area contributed by atoms with Gasteiger partial charge in [-0.2, -0.15) is 5.10 Å². The minimum absolute atomic E-state index is 0. The van der Waals surface area contributed by atoms with Crippen LogP contribution in [0.4, 0.5) is 0 Å². The van der Waals surface area contributed by atoms with E-state index in [1.54, 1.807) is 6.21 Å². The summed E-state index contributed by atoms with van der Waals surface area (Å²) in [5.74, 6) is -0.0507. The molecule has 8 heteroatoms. The van der Waals surface area contributed by atoms with Gasteiger partial charge in [-0.05, 0) is 23.3 Å². The maximum atomic E-state index is 5.22. The van der Waals surface area contributed by atoms with E-state index in [-0.39, 0.29) is 39.9 Å². The van der Waals surface area contributed by atoms with Crippen molar-refractivity contribution in [3.8, 4) is 0 Å². The van der Waals surface area contributed by atoms with Crippen LogP contribution in [0.1, 0.15) is 11.1 Å². The van der Waals surface area contributed by atoms with Crippen molar-refractivity contribution in [1.29, 1.82) is 0 Å². The molecule has 0 aliphatic carbocycles. The SMILES string of the molecule is Br.C[n+]1cn(Cc2ccc(/C=N/N=C(N)N)cc2)c2ccccc21.[Br-]. The van der Waals surface area contributed by atoms with Crippen LogP contribution in [-0.2, 0) is 13.6 Å². The molecular weight excluding hydrogens is 448 g/mol. The van der Waals surface area contributed by atoms with Crippen molar-refractivity contribution in [3.63, 3.8) is 0 Å². The van der Waals surface area contributed by atoms with Crippen LogP contribution in [0.25, 0.3) is 11.0 Å². The fraction of sp³-hybridized carbons (Fsp3) is 0.118. The van der Waals surface area contributed by atoms with E-state index in [1.807, 2.05) is 12.1 Å². The van der Waals surface area contributed by atoms with E-state index in [1.165, 1.54) is 16.6 Å². The zero-order valence-electron chi connectivity index (χ0n) is 13.7. The van der Waals surface area contributed by atoms with Crippen LogP contribution in [0.2, 0.25) is 0 Å². The van der Waals surface area contributed by atoms with Gasteiger partial charge in [-0.1, -0.05) is 36.4 Å². The second-order valence-electron chi connectivity index (χ2n) is 5.35. The van der Waals surface area contributed by atoms with Crippen molar-refractivity contribution >= 4 is 40.2 Å². The van der Waals surface area contributed by atoms with Gasteiger partial charge in [-0.25, -0.2) is 9.13 Å². The van der Waals surface area contributed by atoms with Gasteiger partial charge < -0.3 is 28.4 Å². The summed E-state index contributed by atoms with van der Waals surface area (Å²) >= 11 is 0. The van der Waals surface area contributed by atoms with Gasteiger partial charge in [-0.3, -0.25) is 0 Å². The molecule has 132 valence electrons. The number of hydrogen-bond acceptors (Lipinski definition) is 2. The summed E-state index contributed by atoms with van der Waals surface area (Å²) in [6, 6.07) is 16.5. The number of fused-ring (bicyclic) bond motifs is 1. The highest BCUT2D eigenvalue weighted by Gasteiger charge is 2.12. The van der Waals surface area contributed by atoms with E-state index in [4.69, 9.17) is 11.5 Å². The summed E-state index contributed by atoms with van der Waals surface area (Å²) in [5, 5.41) is 7.39. The monoisotopic (exact) mass is 466 g/mol. The number of guanidine groups is 1. The normalized spacial score (nSPS) is 10.3. The molecule has 6 nitrogen and oxygen atoms in total. The van der Waals surface area contributed by atoms with Crippen LogP contribution >= 0.6 is 17.0 Å². The zero-order chi connectivity index (χ0) is 16.2. The number of rotatable bonds is 4. The molecule has 0 saturated carbocycles. The molecule has 25 heavy (non-hydrogen) atoms. The average molecular weight is 468 g/mol. The molecule has 0 aliphatic heterocycles. The van der Waals surface area contributed by atoms with Crippen LogP contribution in [0.15, 0.2) is 65.1 Å². The molecule has 0 atom stereocenters. The predicted molar refractivity (Wildman–Crippen MR) is 102 cm³/mol. The summed E-state index contributed by atoms with van der Waals surface area (Å²) in [5.41, 5.74) is 15.0. The minimum Gasteiger partial charge on any atom is -1.00 e. The van der Waals surface area contributed by atoms with Crippen LogP contribution < -0.4 is 33.0 Å². The van der Waals surface area contributed by atoms with Crippen LogP contribution in [0.3, 0.4) is 0 Å². The molecule has 2 aromatic carbocycles. The van der Waals surface area contributed by atoms with Crippen LogP contribution in [-0.4, -0.2) is 16.7 Å². The van der Waals surface area contributed by atoms with Gasteiger partial charge in [0, 0.05) is 0 Å². The number of nitrogens with two attached hydrogens (primary N) is 2. The highest BCUT2D eigenvalue weighted by Crippen LogP contribution is 2.13. The Morgan fingerprint density at radius 1 is 1.12 bits per heavy atom. The lowest BCUT2D eigenvalue weighted by atomic mass is 10.1. The molecule has 0 radical (unpaired) electrons. The number of benzene rings is 2. The Balaban J connectivity index is 0.00000156. The minimum atomic E-state index is -0.0507. The first-order valence-electron chi connectivity index (χ1n) is 7.28. The highest BCUT2D eigenvalue weighted by molar-refractivity contribution is 8.93. The van der Waals surface area contributed by atoms with Crippen molar-refractivity contribution in [1.82, 2.24) is 4.57 Å². The third kappa shape index (κ3) is 5.14. The number of para-hydroxylation sites is 2. The Kier molecular flexibility index (Phi) is 7.79. The molecular formula is C17H20Br2N6. The van der Waals surface area contributed by atoms with E-state index in [9.17, 15) is 0 Å². The van der Waals surface area contributed by atoms with Crippen molar-refractivity contribution in [3.05, 3.63) is 66.0 Å². The smallest absolute Gasteiger partial charge is 0.244 e. The molecule has 0 fully saturated rings. The van der Waals surface area contributed by atoms with Gasteiger partial charge in [0.25, 0.3) is 0 Å². The molecule has 4 N–H and O–H groups in total. The molecule has 3 rings (SSSR count). The van der Waals surface area contributed by atoms with E-state index >= 15 is 0 Å². The average Bonchev–Trinajstić information content (AvgIpc) is 2.85. The lowest BCUT2D eigenvalue weighted by Gasteiger charge is -2.00. The highest BCUT2D eigenvalue weighted by atomic mass is 79.9. The summed E-state index contributed by atoms with van der Waals surface area (Å²) in [4.78, 5) is 0. The molecule has 1 aromatic heterocycles. The summed E-state index contributed by atoms with van der Waals surface area (Å²) in [7, 11) is 2.06. The molecule has 1 heterocycles. The summed E-state index contributed by atoms with van der Waals surface area (Å²) < 4.78 is 4.36. The van der Waals surface area contributed by atoms with Crippen molar-refractivity contribution < 1.29 is 21.5 Å². The Morgan fingerprint density at radius 2 is 1.80 bits per heavy atom. The second kappa shape index (κ2) is 9.33. The molecule has 0 bridgehead atoms. The van der Waals surface area contributed by atoms with Crippen LogP contribution in [0, 0.1) is 0 Å². The van der Waals surface area contributed by atoms with E-state index in [0.717, 1.165) is 12.1 Å². The van der Waals surface area contributed by atoms with E-state index in [2.05, 4.69) is 69.1 Å².